The molecule has 0 fully saturated rings. The van der Waals surface area contributed by atoms with E-state index in [1.807, 2.05) is 18.2 Å². The minimum atomic E-state index is -3.52. The molecule has 0 aliphatic carbocycles. The van der Waals surface area contributed by atoms with Gasteiger partial charge in [0.05, 0.1) is 12.7 Å². The van der Waals surface area contributed by atoms with Gasteiger partial charge in [0.25, 0.3) is 0 Å². The van der Waals surface area contributed by atoms with E-state index in [1.165, 1.54) is 21.6 Å². The van der Waals surface area contributed by atoms with Gasteiger partial charge in [-0.05, 0) is 23.3 Å². The summed E-state index contributed by atoms with van der Waals surface area (Å²) in [7, 11) is -1.95. The monoisotopic (exact) mass is 318 g/mol. The average Bonchev–Trinajstić information content (AvgIpc) is 2.55. The maximum Gasteiger partial charge on any atom is 0.244 e. The van der Waals surface area contributed by atoms with Crippen molar-refractivity contribution in [2.45, 2.75) is 24.0 Å². The Bertz CT molecular complexity index is 747. The highest BCUT2D eigenvalue weighted by Gasteiger charge is 2.26. The largest absolute Gasteiger partial charge is 0.372 e. The van der Waals surface area contributed by atoms with Gasteiger partial charge >= 0.3 is 0 Å². The van der Waals surface area contributed by atoms with Crippen molar-refractivity contribution in [2.75, 3.05) is 13.6 Å². The topological polar surface area (TPSA) is 59.5 Å². The smallest absolute Gasteiger partial charge is 0.244 e. The Morgan fingerprint density at radius 1 is 1.23 bits per heavy atom. The lowest BCUT2D eigenvalue weighted by Gasteiger charge is -2.28. The summed E-state index contributed by atoms with van der Waals surface area (Å²) in [5.74, 6) is 0. The molecule has 1 aromatic carbocycles. The third-order valence-corrected chi connectivity index (χ3v) is 5.65. The molecular weight excluding hydrogens is 300 g/mol. The first-order chi connectivity index (χ1) is 10.6. The summed E-state index contributed by atoms with van der Waals surface area (Å²) >= 11 is 0. The number of fused-ring (bicyclic) bond motifs is 1. The van der Waals surface area contributed by atoms with Crippen molar-refractivity contribution in [1.82, 2.24) is 9.29 Å². The molecule has 3 rings (SSSR count). The van der Waals surface area contributed by atoms with Crippen LogP contribution in [-0.4, -0.2) is 37.4 Å². The van der Waals surface area contributed by atoms with Gasteiger partial charge < -0.3 is 4.74 Å². The first-order valence-corrected chi connectivity index (χ1v) is 8.56. The molecular formula is C16H18N2O3S. The van der Waals surface area contributed by atoms with Gasteiger partial charge in [-0.1, -0.05) is 24.3 Å². The van der Waals surface area contributed by atoms with E-state index in [4.69, 9.17) is 4.74 Å². The molecule has 1 aromatic heterocycles. The normalized spacial score (nSPS) is 18.2. The number of nitrogens with zero attached hydrogens (tertiary/aromatic N) is 2. The Kier molecular flexibility index (Phi) is 4.24. The second-order valence-corrected chi connectivity index (χ2v) is 7.43. The Morgan fingerprint density at radius 2 is 2.00 bits per heavy atom. The van der Waals surface area contributed by atoms with E-state index in [-0.39, 0.29) is 11.0 Å². The van der Waals surface area contributed by atoms with Crippen LogP contribution in [0.1, 0.15) is 11.1 Å². The summed E-state index contributed by atoms with van der Waals surface area (Å²) in [6.07, 6.45) is 3.51. The summed E-state index contributed by atoms with van der Waals surface area (Å²) in [4.78, 5) is 4.08. The van der Waals surface area contributed by atoms with Crippen LogP contribution in [0.25, 0.3) is 0 Å². The third-order valence-electron chi connectivity index (χ3n) is 3.84. The van der Waals surface area contributed by atoms with Crippen molar-refractivity contribution < 1.29 is 13.2 Å². The number of pyridine rings is 1. The highest BCUT2D eigenvalue weighted by molar-refractivity contribution is 7.89. The van der Waals surface area contributed by atoms with E-state index in [9.17, 15) is 8.42 Å². The van der Waals surface area contributed by atoms with Gasteiger partial charge in [0.1, 0.15) is 4.90 Å². The number of likely N-dealkylation sites (N-methyl/N-ethyl adjacent to an activating group) is 1. The van der Waals surface area contributed by atoms with Gasteiger partial charge in [0.15, 0.2) is 0 Å². The lowest BCUT2D eigenvalue weighted by Crippen LogP contribution is -2.38. The number of aromatic nitrogens is 1. The van der Waals surface area contributed by atoms with Gasteiger partial charge in [-0.3, -0.25) is 4.98 Å². The van der Waals surface area contributed by atoms with Gasteiger partial charge in [-0.2, -0.15) is 4.31 Å². The van der Waals surface area contributed by atoms with Crippen LogP contribution in [0.5, 0.6) is 0 Å². The Balaban J connectivity index is 1.72. The minimum absolute atomic E-state index is 0.133. The standard InChI is InChI=1S/C16H18N2O3S/c1-18(22(19,20)16-7-4-8-17-10-16)11-15-9-13-5-2-3-6-14(13)12-21-15/h2-8,10,15H,9,11-12H2,1H3/t15-/m1/s1. The zero-order valence-electron chi connectivity index (χ0n) is 12.3. The van der Waals surface area contributed by atoms with Crippen molar-refractivity contribution in [3.05, 3.63) is 59.9 Å². The lowest BCUT2D eigenvalue weighted by atomic mass is 9.99. The molecule has 0 bridgehead atoms. The zero-order valence-corrected chi connectivity index (χ0v) is 13.2. The van der Waals surface area contributed by atoms with E-state index in [0.29, 0.717) is 13.2 Å². The van der Waals surface area contributed by atoms with Crippen LogP contribution in [-0.2, 0) is 27.8 Å². The van der Waals surface area contributed by atoms with Crippen LogP contribution in [0.2, 0.25) is 0 Å². The first kappa shape index (κ1) is 15.1. The fourth-order valence-electron chi connectivity index (χ4n) is 2.59. The fraction of sp³-hybridized carbons (Fsp3) is 0.312. The number of benzene rings is 1. The van der Waals surface area contributed by atoms with Crippen molar-refractivity contribution in [3.8, 4) is 0 Å². The Hall–Kier alpha value is -1.76. The van der Waals surface area contributed by atoms with Crippen LogP contribution in [0.3, 0.4) is 0 Å². The highest BCUT2D eigenvalue weighted by atomic mass is 32.2. The van der Waals surface area contributed by atoms with Gasteiger partial charge in [-0.15, -0.1) is 0 Å². The van der Waals surface area contributed by atoms with E-state index >= 15 is 0 Å². The molecule has 1 aliphatic heterocycles. The molecule has 0 radical (unpaired) electrons. The molecule has 2 heterocycles. The fourth-order valence-corrected chi connectivity index (χ4v) is 3.76. The predicted octanol–water partition coefficient (Wildman–Crippen LogP) is 1.84. The molecule has 2 aromatic rings. The van der Waals surface area contributed by atoms with Crippen molar-refractivity contribution in [1.29, 1.82) is 0 Å². The number of hydrogen-bond donors (Lipinski definition) is 0. The summed E-state index contributed by atoms with van der Waals surface area (Å²) in [5, 5.41) is 0. The molecule has 0 amide bonds. The second kappa shape index (κ2) is 6.16. The number of rotatable bonds is 4. The maximum absolute atomic E-state index is 12.5. The summed E-state index contributed by atoms with van der Waals surface area (Å²) in [5.41, 5.74) is 2.41. The SMILES string of the molecule is CN(C[C@H]1Cc2ccccc2CO1)S(=O)(=O)c1cccnc1. The van der Waals surface area contributed by atoms with E-state index in [0.717, 1.165) is 6.42 Å². The molecule has 0 saturated heterocycles. The van der Waals surface area contributed by atoms with Crippen molar-refractivity contribution in [2.24, 2.45) is 0 Å². The summed E-state index contributed by atoms with van der Waals surface area (Å²) in [6, 6.07) is 11.3. The predicted molar refractivity (Wildman–Crippen MR) is 82.8 cm³/mol. The second-order valence-electron chi connectivity index (χ2n) is 5.38. The Morgan fingerprint density at radius 3 is 2.73 bits per heavy atom. The van der Waals surface area contributed by atoms with Crippen LogP contribution in [0.15, 0.2) is 53.7 Å². The molecule has 1 aliphatic rings. The van der Waals surface area contributed by atoms with Gasteiger partial charge in [0, 0.05) is 32.4 Å². The van der Waals surface area contributed by atoms with Crippen molar-refractivity contribution >= 4 is 10.0 Å². The van der Waals surface area contributed by atoms with E-state index < -0.39 is 10.0 Å². The molecule has 116 valence electrons. The van der Waals surface area contributed by atoms with E-state index in [1.54, 1.807) is 25.4 Å². The van der Waals surface area contributed by atoms with Gasteiger partial charge in [-0.25, -0.2) is 8.42 Å². The molecule has 22 heavy (non-hydrogen) atoms. The molecule has 6 heteroatoms. The molecule has 0 spiro atoms. The Labute approximate surface area is 130 Å². The van der Waals surface area contributed by atoms with Crippen LogP contribution in [0, 0.1) is 0 Å². The zero-order chi connectivity index (χ0) is 15.6. The minimum Gasteiger partial charge on any atom is -0.372 e. The molecule has 0 unspecified atom stereocenters. The number of sulfonamides is 1. The number of ether oxygens (including phenoxy) is 1. The van der Waals surface area contributed by atoms with Crippen LogP contribution < -0.4 is 0 Å². The highest BCUT2D eigenvalue weighted by Crippen LogP contribution is 2.22. The van der Waals surface area contributed by atoms with Gasteiger partial charge in [0.2, 0.25) is 10.0 Å². The molecule has 1 atom stereocenters. The summed E-state index contributed by atoms with van der Waals surface area (Å²) < 4.78 is 32.1. The third kappa shape index (κ3) is 3.04. The first-order valence-electron chi connectivity index (χ1n) is 7.12. The number of hydrogen-bond acceptors (Lipinski definition) is 4. The van der Waals surface area contributed by atoms with E-state index in [2.05, 4.69) is 11.1 Å². The quantitative estimate of drug-likeness (QED) is 0.863. The lowest BCUT2D eigenvalue weighted by molar-refractivity contribution is 0.0202. The molecule has 0 saturated carbocycles. The van der Waals surface area contributed by atoms with Crippen LogP contribution >= 0.6 is 0 Å². The summed E-state index contributed by atoms with van der Waals surface area (Å²) in [6.45, 7) is 0.854. The average molecular weight is 318 g/mol. The maximum atomic E-state index is 12.5. The van der Waals surface area contributed by atoms with Crippen LogP contribution in [0.4, 0.5) is 0 Å². The molecule has 0 N–H and O–H groups in total. The molecule has 5 nitrogen and oxygen atoms in total. The van der Waals surface area contributed by atoms with Crippen molar-refractivity contribution in [3.63, 3.8) is 0 Å².